The molecule has 1 aromatic rings. The summed E-state index contributed by atoms with van der Waals surface area (Å²) in [5, 5.41) is 2.24. The molecule has 4 nitrogen and oxygen atoms in total. The minimum atomic E-state index is -4.65. The van der Waals surface area contributed by atoms with Gasteiger partial charge in [-0.3, -0.25) is 4.79 Å². The smallest absolute Gasteiger partial charge is 0.416 e. The molecule has 0 saturated carbocycles. The lowest BCUT2D eigenvalue weighted by Crippen LogP contribution is -2.34. The molecule has 1 rings (SSSR count). The van der Waals surface area contributed by atoms with Crippen LogP contribution < -0.4 is 10.1 Å². The molecule has 142 valence electrons. The van der Waals surface area contributed by atoms with Crippen molar-refractivity contribution in [2.24, 2.45) is 0 Å². The van der Waals surface area contributed by atoms with Crippen LogP contribution in [-0.2, 0) is 15.7 Å². The van der Waals surface area contributed by atoms with E-state index >= 15 is 0 Å². The van der Waals surface area contributed by atoms with Crippen LogP contribution in [0.1, 0.15) is 12.5 Å². The third-order valence-electron chi connectivity index (χ3n) is 2.77. The van der Waals surface area contributed by atoms with Gasteiger partial charge < -0.3 is 14.8 Å². The number of alkyl halides is 7. The first-order valence-electron chi connectivity index (χ1n) is 6.87. The fourth-order valence-electron chi connectivity index (χ4n) is 1.58. The maximum atomic E-state index is 12.7. The van der Waals surface area contributed by atoms with Gasteiger partial charge in [0.05, 0.1) is 17.9 Å². The van der Waals surface area contributed by atoms with Gasteiger partial charge in [-0.1, -0.05) is 0 Å². The lowest BCUT2D eigenvalue weighted by Gasteiger charge is -2.17. The first-order valence-corrected chi connectivity index (χ1v) is 6.87. The van der Waals surface area contributed by atoms with Gasteiger partial charge in [0.2, 0.25) is 0 Å². The standard InChI is InChI=1S/C14H14F7NO3/c1-2-24-10-4-3-8(14(19,20)21)5-9(10)22-6-11(23)25-7-13(17,18)12(15)16/h3-5,12,22H,2,6-7H2,1H3. The monoisotopic (exact) mass is 377 g/mol. The van der Waals surface area contributed by atoms with Crippen LogP contribution in [0.4, 0.5) is 36.4 Å². The number of carbonyl (C=O) groups is 1. The predicted octanol–water partition coefficient (Wildman–Crippen LogP) is 3.96. The molecule has 0 fully saturated rings. The first-order chi connectivity index (χ1) is 11.5. The maximum Gasteiger partial charge on any atom is 0.416 e. The van der Waals surface area contributed by atoms with E-state index in [1.54, 1.807) is 6.92 Å². The quantitative estimate of drug-likeness (QED) is 0.550. The summed E-state index contributed by atoms with van der Waals surface area (Å²) in [7, 11) is 0. The molecule has 1 aromatic carbocycles. The number of ether oxygens (including phenoxy) is 2. The van der Waals surface area contributed by atoms with Gasteiger partial charge in [0.15, 0.2) is 6.61 Å². The Balaban J connectivity index is 2.76. The van der Waals surface area contributed by atoms with Crippen LogP contribution in [0.5, 0.6) is 5.75 Å². The molecule has 0 radical (unpaired) electrons. The van der Waals surface area contributed by atoms with Crippen molar-refractivity contribution in [3.63, 3.8) is 0 Å². The second kappa shape index (κ2) is 8.26. The van der Waals surface area contributed by atoms with Gasteiger partial charge in [-0.25, -0.2) is 8.78 Å². The van der Waals surface area contributed by atoms with Crippen molar-refractivity contribution in [3.8, 4) is 5.75 Å². The number of benzene rings is 1. The van der Waals surface area contributed by atoms with E-state index in [4.69, 9.17) is 4.74 Å². The van der Waals surface area contributed by atoms with E-state index in [0.29, 0.717) is 6.07 Å². The Hall–Kier alpha value is -2.20. The Morgan fingerprint density at radius 2 is 1.84 bits per heavy atom. The molecule has 25 heavy (non-hydrogen) atoms. The van der Waals surface area contributed by atoms with Gasteiger partial charge in [-0.2, -0.15) is 22.0 Å². The van der Waals surface area contributed by atoms with Crippen molar-refractivity contribution in [1.29, 1.82) is 0 Å². The molecular weight excluding hydrogens is 363 g/mol. The maximum absolute atomic E-state index is 12.7. The molecule has 0 saturated heterocycles. The summed E-state index contributed by atoms with van der Waals surface area (Å²) in [6, 6.07) is 2.44. The average Bonchev–Trinajstić information content (AvgIpc) is 2.51. The lowest BCUT2D eigenvalue weighted by molar-refractivity contribution is -0.178. The van der Waals surface area contributed by atoms with Crippen LogP contribution >= 0.6 is 0 Å². The lowest BCUT2D eigenvalue weighted by atomic mass is 10.1. The summed E-state index contributed by atoms with van der Waals surface area (Å²) in [6.07, 6.45) is -8.66. The highest BCUT2D eigenvalue weighted by Gasteiger charge is 2.42. The number of anilines is 1. The number of carbonyl (C=O) groups excluding carboxylic acids is 1. The summed E-state index contributed by atoms with van der Waals surface area (Å²) in [5.41, 5.74) is -1.26. The van der Waals surface area contributed by atoms with Gasteiger partial charge in [-0.05, 0) is 25.1 Å². The van der Waals surface area contributed by atoms with E-state index in [2.05, 4.69) is 10.1 Å². The van der Waals surface area contributed by atoms with Crippen LogP contribution in [0.2, 0.25) is 0 Å². The Kier molecular flexibility index (Phi) is 6.88. The minimum Gasteiger partial charge on any atom is -0.492 e. The Morgan fingerprint density at radius 1 is 1.20 bits per heavy atom. The largest absolute Gasteiger partial charge is 0.492 e. The molecule has 0 atom stereocenters. The Morgan fingerprint density at radius 3 is 2.36 bits per heavy atom. The fraction of sp³-hybridized carbons (Fsp3) is 0.500. The molecule has 0 spiro atoms. The molecule has 0 amide bonds. The zero-order valence-corrected chi connectivity index (χ0v) is 12.8. The summed E-state index contributed by atoms with van der Waals surface area (Å²) in [6.45, 7) is -0.972. The van der Waals surface area contributed by atoms with Gasteiger partial charge in [-0.15, -0.1) is 0 Å². The Labute approximate surface area is 137 Å². The third-order valence-corrected chi connectivity index (χ3v) is 2.77. The molecule has 0 aliphatic rings. The number of halogens is 7. The third kappa shape index (κ3) is 6.31. The number of rotatable bonds is 8. The van der Waals surface area contributed by atoms with Crippen molar-refractivity contribution in [2.45, 2.75) is 25.4 Å². The van der Waals surface area contributed by atoms with Crippen LogP contribution in [0, 0.1) is 0 Å². The van der Waals surface area contributed by atoms with Crippen LogP contribution in [0.3, 0.4) is 0 Å². The van der Waals surface area contributed by atoms with E-state index in [1.807, 2.05) is 0 Å². The summed E-state index contributed by atoms with van der Waals surface area (Å²) < 4.78 is 96.3. The van der Waals surface area contributed by atoms with E-state index in [0.717, 1.165) is 12.1 Å². The zero-order valence-electron chi connectivity index (χ0n) is 12.8. The zero-order chi connectivity index (χ0) is 19.3. The Bertz CT molecular complexity index is 590. The highest BCUT2D eigenvalue weighted by Crippen LogP contribution is 2.35. The van der Waals surface area contributed by atoms with Crippen LogP contribution in [0.25, 0.3) is 0 Å². The SMILES string of the molecule is CCOc1ccc(C(F)(F)F)cc1NCC(=O)OCC(F)(F)C(F)F. The molecule has 0 heterocycles. The average molecular weight is 377 g/mol. The van der Waals surface area contributed by atoms with Gasteiger partial charge in [0, 0.05) is 0 Å². The van der Waals surface area contributed by atoms with Crippen molar-refractivity contribution in [1.82, 2.24) is 0 Å². The highest BCUT2D eigenvalue weighted by atomic mass is 19.4. The van der Waals surface area contributed by atoms with Crippen molar-refractivity contribution >= 4 is 11.7 Å². The van der Waals surface area contributed by atoms with E-state index in [1.165, 1.54) is 0 Å². The summed E-state index contributed by atoms with van der Waals surface area (Å²) in [4.78, 5) is 11.3. The number of hydrogen-bond acceptors (Lipinski definition) is 4. The minimum absolute atomic E-state index is 0.0128. The second-order valence-electron chi connectivity index (χ2n) is 4.72. The molecule has 0 aromatic heterocycles. The normalized spacial score (nSPS) is 12.2. The molecule has 11 heteroatoms. The van der Waals surface area contributed by atoms with Crippen LogP contribution in [-0.4, -0.2) is 38.1 Å². The molecular formula is C14H14F7NO3. The van der Waals surface area contributed by atoms with Crippen molar-refractivity contribution in [2.75, 3.05) is 25.1 Å². The topological polar surface area (TPSA) is 47.6 Å². The summed E-state index contributed by atoms with van der Waals surface area (Å²) in [5.74, 6) is -5.87. The number of nitrogens with one attached hydrogen (secondary N) is 1. The van der Waals surface area contributed by atoms with E-state index < -0.39 is 43.2 Å². The predicted molar refractivity (Wildman–Crippen MR) is 73.0 cm³/mol. The van der Waals surface area contributed by atoms with Crippen molar-refractivity contribution in [3.05, 3.63) is 23.8 Å². The summed E-state index contributed by atoms with van der Waals surface area (Å²) >= 11 is 0. The fourth-order valence-corrected chi connectivity index (χ4v) is 1.58. The molecule has 0 aliphatic heterocycles. The molecule has 0 unspecified atom stereocenters. The van der Waals surface area contributed by atoms with Crippen LogP contribution in [0.15, 0.2) is 18.2 Å². The number of hydrogen-bond donors (Lipinski definition) is 1. The second-order valence-corrected chi connectivity index (χ2v) is 4.72. The van der Waals surface area contributed by atoms with E-state index in [-0.39, 0.29) is 18.0 Å². The molecule has 0 bridgehead atoms. The molecule has 1 N–H and O–H groups in total. The highest BCUT2D eigenvalue weighted by molar-refractivity contribution is 5.76. The number of esters is 1. The van der Waals surface area contributed by atoms with Gasteiger partial charge >= 0.3 is 24.5 Å². The molecule has 0 aliphatic carbocycles. The van der Waals surface area contributed by atoms with Gasteiger partial charge in [0.1, 0.15) is 12.3 Å². The first kappa shape index (κ1) is 20.8. The van der Waals surface area contributed by atoms with Gasteiger partial charge in [0.25, 0.3) is 0 Å². The van der Waals surface area contributed by atoms with Crippen molar-refractivity contribution < 1.29 is 45.0 Å². The van der Waals surface area contributed by atoms with E-state index in [9.17, 15) is 35.5 Å².